The van der Waals surface area contributed by atoms with Crippen molar-refractivity contribution in [3.05, 3.63) is 31.9 Å². The summed E-state index contributed by atoms with van der Waals surface area (Å²) in [4.78, 5) is 33.1. The second-order valence-corrected chi connectivity index (χ2v) is 10.0. The molecule has 1 amide bonds. The van der Waals surface area contributed by atoms with E-state index in [4.69, 9.17) is 12.2 Å². The number of carbonyl (C=O) groups is 1. The highest BCUT2D eigenvalue weighted by Gasteiger charge is 2.33. The number of rotatable bonds is 8. The molecule has 0 aliphatic carbocycles. The summed E-state index contributed by atoms with van der Waals surface area (Å²) < 4.78 is 2.25. The van der Waals surface area contributed by atoms with E-state index >= 15 is 0 Å². The SMILES string of the molecule is CCCCCN1C(=O)/C(=C/c2c(C)c(C#N)c(=O)n(CC)c2N2CCN(CC)CC2)SC1=S. The highest BCUT2D eigenvalue weighted by atomic mass is 32.2. The van der Waals surface area contributed by atoms with Gasteiger partial charge in [-0.3, -0.25) is 19.1 Å². The van der Waals surface area contributed by atoms with Crippen LogP contribution in [0.2, 0.25) is 0 Å². The van der Waals surface area contributed by atoms with Gasteiger partial charge in [0.1, 0.15) is 21.8 Å². The zero-order chi connectivity index (χ0) is 24.1. The van der Waals surface area contributed by atoms with Crippen molar-refractivity contribution in [1.29, 1.82) is 5.26 Å². The molecule has 2 fully saturated rings. The van der Waals surface area contributed by atoms with Gasteiger partial charge >= 0.3 is 0 Å². The first-order valence-corrected chi connectivity index (χ1v) is 13.0. The minimum Gasteiger partial charge on any atom is -0.355 e. The second-order valence-electron chi connectivity index (χ2n) is 8.36. The number of unbranched alkanes of at least 4 members (excludes halogenated alkanes) is 2. The molecule has 33 heavy (non-hydrogen) atoms. The highest BCUT2D eigenvalue weighted by Crippen LogP contribution is 2.36. The minimum absolute atomic E-state index is 0.0880. The normalized spacial score (nSPS) is 18.5. The molecular formula is C24H33N5O2S2. The lowest BCUT2D eigenvalue weighted by atomic mass is 10.0. The standard InChI is InChI=1S/C24H33N5O2S2/c1-5-8-9-10-29-23(31)20(33-24(29)32)15-18-17(4)19(16-25)22(30)28(7-3)21(18)27-13-11-26(6-2)12-14-27/h15H,5-14H2,1-4H3/b20-15-. The van der Waals surface area contributed by atoms with E-state index in [9.17, 15) is 14.9 Å². The summed E-state index contributed by atoms with van der Waals surface area (Å²) >= 11 is 6.81. The van der Waals surface area contributed by atoms with E-state index < -0.39 is 0 Å². The van der Waals surface area contributed by atoms with Gasteiger partial charge in [-0.05, 0) is 38.5 Å². The summed E-state index contributed by atoms with van der Waals surface area (Å²) in [6.07, 6.45) is 4.90. The third-order valence-electron chi connectivity index (χ3n) is 6.42. The van der Waals surface area contributed by atoms with Crippen molar-refractivity contribution in [2.24, 2.45) is 0 Å². The molecule has 1 aromatic heterocycles. The molecule has 3 rings (SSSR count). The average molecular weight is 488 g/mol. The number of carbonyl (C=O) groups excluding carboxylic acids is 1. The largest absolute Gasteiger partial charge is 0.355 e. The van der Waals surface area contributed by atoms with Crippen LogP contribution in [0.15, 0.2) is 9.70 Å². The molecule has 178 valence electrons. The van der Waals surface area contributed by atoms with Crippen molar-refractivity contribution in [3.63, 3.8) is 0 Å². The van der Waals surface area contributed by atoms with Crippen LogP contribution in [0.5, 0.6) is 0 Å². The monoisotopic (exact) mass is 487 g/mol. The van der Waals surface area contributed by atoms with Crippen LogP contribution in [0.1, 0.15) is 56.7 Å². The van der Waals surface area contributed by atoms with Gasteiger partial charge in [0.15, 0.2) is 0 Å². The number of thioether (sulfide) groups is 1. The van der Waals surface area contributed by atoms with E-state index in [1.165, 1.54) is 11.8 Å². The number of nitriles is 1. The maximum absolute atomic E-state index is 13.2. The maximum Gasteiger partial charge on any atom is 0.270 e. The second kappa shape index (κ2) is 11.3. The predicted molar refractivity (Wildman–Crippen MR) is 140 cm³/mol. The summed E-state index contributed by atoms with van der Waals surface area (Å²) in [5.74, 6) is 0.709. The molecule has 0 radical (unpaired) electrons. The summed E-state index contributed by atoms with van der Waals surface area (Å²) in [6, 6.07) is 2.10. The van der Waals surface area contributed by atoms with Crippen molar-refractivity contribution in [2.45, 2.75) is 53.5 Å². The van der Waals surface area contributed by atoms with Crippen LogP contribution in [0, 0.1) is 18.3 Å². The molecular weight excluding hydrogens is 454 g/mol. The van der Waals surface area contributed by atoms with Gasteiger partial charge in [0, 0.05) is 44.8 Å². The Bertz CT molecular complexity index is 1050. The molecule has 0 saturated carbocycles. The molecule has 0 atom stereocenters. The van der Waals surface area contributed by atoms with Gasteiger partial charge in [0.05, 0.1) is 4.91 Å². The van der Waals surface area contributed by atoms with Crippen LogP contribution in [0.3, 0.4) is 0 Å². The fourth-order valence-corrected chi connectivity index (χ4v) is 5.69. The molecule has 0 N–H and O–H groups in total. The van der Waals surface area contributed by atoms with Gasteiger partial charge < -0.3 is 9.80 Å². The highest BCUT2D eigenvalue weighted by molar-refractivity contribution is 8.26. The Balaban J connectivity index is 2.09. The van der Waals surface area contributed by atoms with Gasteiger partial charge in [0.25, 0.3) is 11.5 Å². The number of anilines is 1. The average Bonchev–Trinajstić information content (AvgIpc) is 3.08. The zero-order valence-electron chi connectivity index (χ0n) is 20.0. The van der Waals surface area contributed by atoms with E-state index in [2.05, 4.69) is 29.7 Å². The number of pyridine rings is 1. The topological polar surface area (TPSA) is 72.6 Å². The number of hydrogen-bond acceptors (Lipinski definition) is 7. The molecule has 0 bridgehead atoms. The third-order valence-corrected chi connectivity index (χ3v) is 7.79. The predicted octanol–water partition coefficient (Wildman–Crippen LogP) is 3.58. The van der Waals surface area contributed by atoms with E-state index in [1.807, 2.05) is 13.0 Å². The Kier molecular flexibility index (Phi) is 8.74. The number of aromatic nitrogens is 1. The third kappa shape index (κ3) is 5.18. The zero-order valence-corrected chi connectivity index (χ0v) is 21.7. The Labute approximate surface area is 206 Å². The van der Waals surface area contributed by atoms with E-state index in [0.717, 1.165) is 63.4 Å². The van der Waals surface area contributed by atoms with Crippen LogP contribution >= 0.6 is 24.0 Å². The summed E-state index contributed by atoms with van der Waals surface area (Å²) in [5, 5.41) is 9.72. The Hall–Kier alpha value is -2.15. The number of likely N-dealkylation sites (N-methyl/N-ethyl adjacent to an activating group) is 1. The molecule has 2 aliphatic rings. The van der Waals surface area contributed by atoms with E-state index in [1.54, 1.807) is 16.4 Å². The van der Waals surface area contributed by atoms with Crippen molar-refractivity contribution in [1.82, 2.24) is 14.4 Å². The Morgan fingerprint density at radius 2 is 1.79 bits per heavy atom. The van der Waals surface area contributed by atoms with Crippen LogP contribution < -0.4 is 10.5 Å². The fourth-order valence-electron chi connectivity index (χ4n) is 4.40. The van der Waals surface area contributed by atoms with Crippen LogP contribution in [0.25, 0.3) is 6.08 Å². The van der Waals surface area contributed by atoms with Crippen molar-refractivity contribution < 1.29 is 4.79 Å². The van der Waals surface area contributed by atoms with E-state index in [0.29, 0.717) is 27.9 Å². The Morgan fingerprint density at radius 1 is 1.09 bits per heavy atom. The molecule has 0 unspecified atom stereocenters. The van der Waals surface area contributed by atoms with Gasteiger partial charge in [-0.15, -0.1) is 0 Å². The first-order valence-electron chi connectivity index (χ1n) is 11.8. The lowest BCUT2D eigenvalue weighted by Crippen LogP contribution is -2.48. The summed E-state index contributed by atoms with van der Waals surface area (Å²) in [7, 11) is 0. The first kappa shape index (κ1) is 25.5. The van der Waals surface area contributed by atoms with Gasteiger partial charge in [-0.2, -0.15) is 5.26 Å². The molecule has 0 spiro atoms. The van der Waals surface area contributed by atoms with Gasteiger partial charge in [-0.25, -0.2) is 0 Å². The molecule has 1 aromatic rings. The lowest BCUT2D eigenvalue weighted by molar-refractivity contribution is -0.122. The van der Waals surface area contributed by atoms with Crippen molar-refractivity contribution in [2.75, 3.05) is 44.2 Å². The van der Waals surface area contributed by atoms with E-state index in [-0.39, 0.29) is 17.0 Å². The van der Waals surface area contributed by atoms with Crippen LogP contribution in [-0.2, 0) is 11.3 Å². The smallest absolute Gasteiger partial charge is 0.270 e. The van der Waals surface area contributed by atoms with Gasteiger partial charge in [-0.1, -0.05) is 50.7 Å². The lowest BCUT2D eigenvalue weighted by Gasteiger charge is -2.37. The number of nitrogens with zero attached hydrogens (tertiary/aromatic N) is 5. The fraction of sp³-hybridized carbons (Fsp3) is 0.583. The molecule has 3 heterocycles. The number of hydrogen-bond donors (Lipinski definition) is 0. The molecule has 0 aromatic carbocycles. The minimum atomic E-state index is -0.269. The molecule has 2 aliphatic heterocycles. The van der Waals surface area contributed by atoms with Crippen molar-refractivity contribution >= 4 is 46.1 Å². The molecule has 2 saturated heterocycles. The first-order chi connectivity index (χ1) is 15.9. The van der Waals surface area contributed by atoms with Crippen molar-refractivity contribution in [3.8, 4) is 6.07 Å². The number of thiocarbonyl (C=S) groups is 1. The Morgan fingerprint density at radius 3 is 2.36 bits per heavy atom. The summed E-state index contributed by atoms with van der Waals surface area (Å²) in [5.41, 5.74) is 1.26. The molecule has 7 nitrogen and oxygen atoms in total. The summed E-state index contributed by atoms with van der Waals surface area (Å²) in [6.45, 7) is 13.5. The van der Waals surface area contributed by atoms with Crippen LogP contribution in [-0.4, -0.2) is 63.9 Å². The molecule has 9 heteroatoms. The van der Waals surface area contributed by atoms with Crippen LogP contribution in [0.4, 0.5) is 5.82 Å². The quantitative estimate of drug-likeness (QED) is 0.315. The maximum atomic E-state index is 13.2. The van der Waals surface area contributed by atoms with Gasteiger partial charge in [0.2, 0.25) is 0 Å². The number of amides is 1. The number of piperazine rings is 1.